The first-order chi connectivity index (χ1) is 9.40. The molecule has 0 saturated heterocycles. The van der Waals surface area contributed by atoms with Gasteiger partial charge in [-0.1, -0.05) is 11.6 Å². The topological polar surface area (TPSA) is 105 Å². The molecule has 0 aliphatic rings. The molecule has 1 heterocycles. The van der Waals surface area contributed by atoms with Gasteiger partial charge in [0.05, 0.1) is 17.0 Å². The molecule has 1 rings (SSSR count). The Hall–Kier alpha value is -2.22. The van der Waals surface area contributed by atoms with Gasteiger partial charge in [0.15, 0.2) is 0 Å². The Bertz CT molecular complexity index is 549. The van der Waals surface area contributed by atoms with Crippen LogP contribution >= 0.6 is 11.6 Å². The monoisotopic (exact) mass is 300 g/mol. The van der Waals surface area contributed by atoms with E-state index in [4.69, 9.17) is 11.6 Å². The molecule has 1 N–H and O–H groups in total. The molecule has 8 nitrogen and oxygen atoms in total. The maximum atomic E-state index is 12.2. The summed E-state index contributed by atoms with van der Waals surface area (Å²) in [6.07, 6.45) is 0.966. The number of halogens is 1. The van der Waals surface area contributed by atoms with E-state index < -0.39 is 10.8 Å². The van der Waals surface area contributed by atoms with Gasteiger partial charge >= 0.3 is 0 Å². The lowest BCUT2D eigenvalue weighted by Gasteiger charge is -2.20. The molecule has 0 saturated carbocycles. The molecule has 0 aromatic carbocycles. The van der Waals surface area contributed by atoms with Gasteiger partial charge in [0.25, 0.3) is 11.6 Å². The Morgan fingerprint density at radius 1 is 1.55 bits per heavy atom. The summed E-state index contributed by atoms with van der Waals surface area (Å²) >= 11 is 5.79. The summed E-state index contributed by atoms with van der Waals surface area (Å²) in [5, 5.41) is 12.9. The Morgan fingerprint density at radius 3 is 2.70 bits per heavy atom. The summed E-state index contributed by atoms with van der Waals surface area (Å²) < 4.78 is 0. The van der Waals surface area contributed by atoms with Crippen molar-refractivity contribution in [3.63, 3.8) is 0 Å². The van der Waals surface area contributed by atoms with Crippen LogP contribution in [-0.2, 0) is 4.79 Å². The average Bonchev–Trinajstić information content (AvgIpc) is 2.43. The number of aromatic nitrogens is 1. The van der Waals surface area contributed by atoms with Crippen LogP contribution < -0.4 is 5.32 Å². The fraction of sp³-hybridized carbons (Fsp3) is 0.364. The quantitative estimate of drug-likeness (QED) is 0.493. The molecule has 0 atom stereocenters. The van der Waals surface area contributed by atoms with E-state index >= 15 is 0 Å². The van der Waals surface area contributed by atoms with Crippen molar-refractivity contribution in [3.05, 3.63) is 33.1 Å². The van der Waals surface area contributed by atoms with Crippen LogP contribution in [0.2, 0.25) is 5.15 Å². The zero-order valence-electron chi connectivity index (χ0n) is 10.9. The van der Waals surface area contributed by atoms with Crippen molar-refractivity contribution in [1.29, 1.82) is 0 Å². The number of nitrogens with one attached hydrogen (secondary N) is 1. The molecule has 9 heteroatoms. The molecule has 20 heavy (non-hydrogen) atoms. The van der Waals surface area contributed by atoms with Gasteiger partial charge < -0.3 is 10.2 Å². The molecule has 0 bridgehead atoms. The highest BCUT2D eigenvalue weighted by atomic mass is 35.5. The maximum Gasteiger partial charge on any atom is 0.288 e. The number of nitro groups is 1. The molecular formula is C11H13ClN4O4. The highest BCUT2D eigenvalue weighted by molar-refractivity contribution is 6.32. The molecule has 0 aliphatic heterocycles. The van der Waals surface area contributed by atoms with E-state index in [1.165, 1.54) is 11.9 Å². The third-order valence-corrected chi connectivity index (χ3v) is 2.85. The zero-order chi connectivity index (χ0) is 15.3. The number of likely N-dealkylation sites (N-methyl/N-ethyl adjacent to an activating group) is 2. The number of nitrogens with zero attached hydrogens (tertiary/aromatic N) is 3. The molecule has 0 radical (unpaired) electrons. The van der Waals surface area contributed by atoms with Crippen LogP contribution in [0.5, 0.6) is 0 Å². The molecule has 0 aliphatic carbocycles. The van der Waals surface area contributed by atoms with Crippen LogP contribution in [0.25, 0.3) is 0 Å². The summed E-state index contributed by atoms with van der Waals surface area (Å²) in [4.78, 5) is 38.4. The summed E-state index contributed by atoms with van der Waals surface area (Å²) in [6.45, 7) is 1.77. The Balaban J connectivity index is 3.08. The van der Waals surface area contributed by atoms with Crippen molar-refractivity contribution in [3.8, 4) is 0 Å². The normalized spacial score (nSPS) is 9.95. The van der Waals surface area contributed by atoms with Crippen LogP contribution in [0.1, 0.15) is 17.3 Å². The van der Waals surface area contributed by atoms with E-state index in [0.717, 1.165) is 12.3 Å². The van der Waals surface area contributed by atoms with Gasteiger partial charge in [0.2, 0.25) is 5.91 Å². The van der Waals surface area contributed by atoms with E-state index in [-0.39, 0.29) is 35.4 Å². The van der Waals surface area contributed by atoms with Crippen molar-refractivity contribution < 1.29 is 14.5 Å². The van der Waals surface area contributed by atoms with Crippen molar-refractivity contribution >= 4 is 29.1 Å². The smallest absolute Gasteiger partial charge is 0.288 e. The van der Waals surface area contributed by atoms with E-state index in [2.05, 4.69) is 10.3 Å². The summed E-state index contributed by atoms with van der Waals surface area (Å²) in [5.74, 6) is -0.938. The number of hydrogen-bond acceptors (Lipinski definition) is 5. The number of hydrogen-bond donors (Lipinski definition) is 1. The number of pyridine rings is 1. The second-order valence-electron chi connectivity index (χ2n) is 3.78. The number of carbonyl (C=O) groups excluding carboxylic acids is 2. The minimum atomic E-state index is -0.671. The van der Waals surface area contributed by atoms with Crippen LogP contribution in [0.4, 0.5) is 5.69 Å². The molecule has 108 valence electrons. The van der Waals surface area contributed by atoms with E-state index in [1.54, 1.807) is 6.92 Å². The Labute approximate surface area is 119 Å². The number of rotatable bonds is 5. The standard InChI is InChI=1S/C11H13ClN4O4/c1-3-15(6-9(17)13-2)11(18)8-4-7(16(19)20)5-14-10(8)12/h4-5H,3,6H2,1-2H3,(H,13,17). The average molecular weight is 301 g/mol. The molecular weight excluding hydrogens is 288 g/mol. The first kappa shape index (κ1) is 15.8. The maximum absolute atomic E-state index is 12.2. The molecule has 0 fully saturated rings. The first-order valence-electron chi connectivity index (χ1n) is 5.70. The second kappa shape index (κ2) is 6.80. The van der Waals surface area contributed by atoms with Crippen molar-refractivity contribution in [2.75, 3.05) is 20.1 Å². The fourth-order valence-corrected chi connectivity index (χ4v) is 1.62. The number of carbonyl (C=O) groups is 2. The second-order valence-corrected chi connectivity index (χ2v) is 4.14. The SMILES string of the molecule is CCN(CC(=O)NC)C(=O)c1cc([N+](=O)[O-])cnc1Cl. The minimum Gasteiger partial charge on any atom is -0.358 e. The van der Waals surface area contributed by atoms with Crippen molar-refractivity contribution in [1.82, 2.24) is 15.2 Å². The van der Waals surface area contributed by atoms with Gasteiger partial charge in [-0.15, -0.1) is 0 Å². The van der Waals surface area contributed by atoms with E-state index in [1.807, 2.05) is 0 Å². The summed E-state index contributed by atoms with van der Waals surface area (Å²) in [6, 6.07) is 1.05. The minimum absolute atomic E-state index is 0.105. The van der Waals surface area contributed by atoms with Gasteiger partial charge in [-0.2, -0.15) is 0 Å². The Kier molecular flexibility index (Phi) is 5.39. The van der Waals surface area contributed by atoms with Crippen LogP contribution in [0.15, 0.2) is 12.3 Å². The predicted octanol–water partition coefficient (Wildman–Crippen LogP) is 0.851. The third kappa shape index (κ3) is 3.64. The highest BCUT2D eigenvalue weighted by Gasteiger charge is 2.22. The van der Waals surface area contributed by atoms with Gasteiger partial charge in [-0.25, -0.2) is 4.98 Å². The molecule has 2 amide bonds. The predicted molar refractivity (Wildman–Crippen MR) is 71.5 cm³/mol. The fourth-order valence-electron chi connectivity index (χ4n) is 1.44. The summed E-state index contributed by atoms with van der Waals surface area (Å²) in [7, 11) is 1.45. The van der Waals surface area contributed by atoms with Gasteiger partial charge in [0.1, 0.15) is 11.3 Å². The van der Waals surface area contributed by atoms with Gasteiger partial charge in [0, 0.05) is 19.7 Å². The third-order valence-electron chi connectivity index (χ3n) is 2.55. The summed E-state index contributed by atoms with van der Waals surface area (Å²) in [5.41, 5.74) is -0.444. The molecule has 0 spiro atoms. The van der Waals surface area contributed by atoms with Crippen LogP contribution in [0, 0.1) is 10.1 Å². The lowest BCUT2D eigenvalue weighted by Crippen LogP contribution is -2.39. The van der Waals surface area contributed by atoms with E-state index in [9.17, 15) is 19.7 Å². The van der Waals surface area contributed by atoms with Crippen molar-refractivity contribution in [2.45, 2.75) is 6.92 Å². The number of amides is 2. The lowest BCUT2D eigenvalue weighted by molar-refractivity contribution is -0.385. The van der Waals surface area contributed by atoms with Crippen molar-refractivity contribution in [2.24, 2.45) is 0 Å². The zero-order valence-corrected chi connectivity index (χ0v) is 11.7. The molecule has 1 aromatic rings. The van der Waals surface area contributed by atoms with Gasteiger partial charge in [-0.3, -0.25) is 19.7 Å². The molecule has 1 aromatic heterocycles. The molecule has 0 unspecified atom stereocenters. The Morgan fingerprint density at radius 2 is 2.20 bits per heavy atom. The highest BCUT2D eigenvalue weighted by Crippen LogP contribution is 2.20. The largest absolute Gasteiger partial charge is 0.358 e. The lowest BCUT2D eigenvalue weighted by atomic mass is 10.2. The van der Waals surface area contributed by atoms with Crippen LogP contribution in [0.3, 0.4) is 0 Å². The van der Waals surface area contributed by atoms with E-state index in [0.29, 0.717) is 0 Å². The van der Waals surface area contributed by atoms with Gasteiger partial charge in [-0.05, 0) is 6.92 Å². The first-order valence-corrected chi connectivity index (χ1v) is 6.08. The van der Waals surface area contributed by atoms with Crippen LogP contribution in [-0.4, -0.2) is 46.8 Å².